The Hall–Kier alpha value is -2.06. The van der Waals surface area contributed by atoms with Crippen molar-refractivity contribution in [1.29, 1.82) is 0 Å². The Labute approximate surface area is 161 Å². The van der Waals surface area contributed by atoms with Crippen LogP contribution >= 0.6 is 23.1 Å². The number of carbonyl (C=O) groups excluding carboxylic acids is 2. The lowest BCUT2D eigenvalue weighted by Gasteiger charge is -2.20. The van der Waals surface area contributed by atoms with Crippen molar-refractivity contribution >= 4 is 40.0 Å². The van der Waals surface area contributed by atoms with Crippen LogP contribution in [0.3, 0.4) is 0 Å². The number of nitrogens with two attached hydrogens (primary N) is 1. The summed E-state index contributed by atoms with van der Waals surface area (Å²) in [5.41, 5.74) is 9.17. The fraction of sp³-hybridized carbons (Fsp3) is 0.389. The van der Waals surface area contributed by atoms with Crippen molar-refractivity contribution in [3.8, 4) is 10.4 Å². The van der Waals surface area contributed by atoms with Crippen LogP contribution in [0.25, 0.3) is 10.4 Å². The number of anilines is 1. The molecule has 8 heteroatoms. The second-order valence-electron chi connectivity index (χ2n) is 6.49. The van der Waals surface area contributed by atoms with Gasteiger partial charge in [-0.1, -0.05) is 29.5 Å². The zero-order valence-electron chi connectivity index (χ0n) is 15.3. The Morgan fingerprint density at radius 2 is 2.00 bits per heavy atom. The monoisotopic (exact) mass is 390 g/mol. The predicted molar refractivity (Wildman–Crippen MR) is 108 cm³/mol. The van der Waals surface area contributed by atoms with Gasteiger partial charge in [-0.25, -0.2) is 4.98 Å². The summed E-state index contributed by atoms with van der Waals surface area (Å²) in [7, 11) is 3.80. The number of aromatic nitrogens is 1. The smallest absolute Gasteiger partial charge is 0.275 e. The van der Waals surface area contributed by atoms with E-state index < -0.39 is 11.3 Å². The van der Waals surface area contributed by atoms with Crippen LogP contribution in [0, 0.1) is 13.8 Å². The van der Waals surface area contributed by atoms with Crippen LogP contribution in [-0.4, -0.2) is 53.5 Å². The van der Waals surface area contributed by atoms with E-state index >= 15 is 0 Å². The molecule has 2 N–H and O–H groups in total. The van der Waals surface area contributed by atoms with Crippen LogP contribution in [-0.2, 0) is 4.79 Å². The van der Waals surface area contributed by atoms with Gasteiger partial charge in [-0.15, -0.1) is 11.8 Å². The van der Waals surface area contributed by atoms with Gasteiger partial charge in [0.05, 0.1) is 4.88 Å². The average Bonchev–Trinajstić information content (AvgIpc) is 3.23. The van der Waals surface area contributed by atoms with E-state index in [0.29, 0.717) is 18.0 Å². The summed E-state index contributed by atoms with van der Waals surface area (Å²) in [5.74, 6) is -0.0313. The molecule has 2 amide bonds. The minimum absolute atomic E-state index is 0.239. The largest absolute Gasteiger partial charge is 0.367 e. The lowest BCUT2D eigenvalue weighted by Crippen LogP contribution is -2.42. The molecule has 0 spiro atoms. The molecule has 1 aliphatic rings. The summed E-state index contributed by atoms with van der Waals surface area (Å²) in [6.45, 7) is 4.61. The van der Waals surface area contributed by atoms with E-state index in [1.807, 2.05) is 31.1 Å². The quantitative estimate of drug-likeness (QED) is 0.868. The number of primary amides is 1. The molecule has 0 radical (unpaired) electrons. The second kappa shape index (κ2) is 7.28. The van der Waals surface area contributed by atoms with Crippen LogP contribution in [0.2, 0.25) is 0 Å². The third-order valence-electron chi connectivity index (χ3n) is 4.37. The molecule has 1 fully saturated rings. The van der Waals surface area contributed by atoms with Gasteiger partial charge in [-0.3, -0.25) is 9.59 Å². The number of hydrogen-bond acceptors (Lipinski definition) is 6. The number of carbonyl (C=O) groups is 2. The summed E-state index contributed by atoms with van der Waals surface area (Å²) < 4.78 is 0. The van der Waals surface area contributed by atoms with Crippen molar-refractivity contribution in [1.82, 2.24) is 9.88 Å². The van der Waals surface area contributed by atoms with Crippen molar-refractivity contribution in [2.75, 3.05) is 31.3 Å². The predicted octanol–water partition coefficient (Wildman–Crippen LogP) is 2.49. The number of aryl methyl sites for hydroxylation is 2. The maximum atomic E-state index is 13.2. The van der Waals surface area contributed by atoms with E-state index in [2.05, 4.69) is 24.9 Å². The molecule has 6 nitrogen and oxygen atoms in total. The number of nitrogens with zero attached hydrogens (tertiary/aromatic N) is 3. The highest BCUT2D eigenvalue weighted by Crippen LogP contribution is 2.37. The fourth-order valence-corrected chi connectivity index (χ4v) is 4.82. The van der Waals surface area contributed by atoms with Gasteiger partial charge in [0.25, 0.3) is 11.8 Å². The van der Waals surface area contributed by atoms with Gasteiger partial charge in [0.1, 0.15) is 5.69 Å². The maximum absolute atomic E-state index is 13.2. The average molecular weight is 391 g/mol. The summed E-state index contributed by atoms with van der Waals surface area (Å²) in [5, 5.41) is 0.128. The Balaban J connectivity index is 2.07. The third-order valence-corrected chi connectivity index (χ3v) is 6.86. The van der Waals surface area contributed by atoms with Gasteiger partial charge in [0.15, 0.2) is 10.5 Å². The van der Waals surface area contributed by atoms with Crippen LogP contribution in [0.5, 0.6) is 0 Å². The molecule has 1 aromatic carbocycles. The van der Waals surface area contributed by atoms with Crippen LogP contribution in [0.15, 0.2) is 18.2 Å². The molecule has 2 aromatic rings. The number of amides is 2. The molecule has 0 aliphatic carbocycles. The number of hydrogen-bond donors (Lipinski definition) is 1. The van der Waals surface area contributed by atoms with E-state index in [1.54, 1.807) is 0 Å². The summed E-state index contributed by atoms with van der Waals surface area (Å²) in [4.78, 5) is 33.7. The van der Waals surface area contributed by atoms with Gasteiger partial charge in [-0.05, 0) is 30.5 Å². The number of benzene rings is 1. The van der Waals surface area contributed by atoms with E-state index in [-0.39, 0.29) is 5.91 Å². The SMILES string of the molecule is Cc1ccc(-c2sc(N(C)C)nc2C(=O)N2CCSC2C(N)=O)cc1C. The number of thioether (sulfide) groups is 1. The minimum atomic E-state index is -0.625. The van der Waals surface area contributed by atoms with E-state index in [4.69, 9.17) is 5.73 Å². The molecular formula is C18H22N4O2S2. The zero-order valence-corrected chi connectivity index (χ0v) is 16.9. The van der Waals surface area contributed by atoms with Crippen molar-refractivity contribution in [2.24, 2.45) is 5.73 Å². The first-order valence-electron chi connectivity index (χ1n) is 8.27. The summed E-state index contributed by atoms with van der Waals surface area (Å²) >= 11 is 2.87. The molecular weight excluding hydrogens is 368 g/mol. The Morgan fingerprint density at radius 3 is 2.62 bits per heavy atom. The molecule has 1 atom stereocenters. The van der Waals surface area contributed by atoms with E-state index in [9.17, 15) is 9.59 Å². The molecule has 0 saturated carbocycles. The van der Waals surface area contributed by atoms with Gasteiger partial charge < -0.3 is 15.5 Å². The fourth-order valence-electron chi connectivity index (χ4n) is 2.77. The standard InChI is InChI=1S/C18H22N4O2S2/c1-10-5-6-12(9-11(10)2)14-13(20-18(26-14)21(3)4)16(24)22-7-8-25-17(22)15(19)23/h5-6,9,17H,7-8H2,1-4H3,(H2,19,23). The van der Waals surface area contributed by atoms with Crippen molar-refractivity contribution in [3.05, 3.63) is 35.0 Å². The summed E-state index contributed by atoms with van der Waals surface area (Å²) in [6, 6.07) is 6.13. The molecule has 3 rings (SSSR count). The molecule has 26 heavy (non-hydrogen) atoms. The van der Waals surface area contributed by atoms with Crippen LogP contribution in [0.1, 0.15) is 21.6 Å². The Bertz CT molecular complexity index is 863. The topological polar surface area (TPSA) is 79.5 Å². The van der Waals surface area contributed by atoms with Crippen molar-refractivity contribution in [3.63, 3.8) is 0 Å². The lowest BCUT2D eigenvalue weighted by molar-refractivity contribution is -0.119. The first-order valence-corrected chi connectivity index (χ1v) is 10.1. The minimum Gasteiger partial charge on any atom is -0.367 e. The zero-order chi connectivity index (χ0) is 19.0. The first-order chi connectivity index (χ1) is 12.3. The molecule has 1 saturated heterocycles. The molecule has 0 bridgehead atoms. The molecule has 1 unspecified atom stereocenters. The normalized spacial score (nSPS) is 16.8. The highest BCUT2D eigenvalue weighted by molar-refractivity contribution is 8.00. The van der Waals surface area contributed by atoms with Gasteiger partial charge in [0, 0.05) is 26.4 Å². The summed E-state index contributed by atoms with van der Waals surface area (Å²) in [6.07, 6.45) is 0. The number of thiazole rings is 1. The molecule has 1 aliphatic heterocycles. The highest BCUT2D eigenvalue weighted by atomic mass is 32.2. The molecule has 1 aromatic heterocycles. The van der Waals surface area contributed by atoms with Crippen LogP contribution in [0.4, 0.5) is 5.13 Å². The lowest BCUT2D eigenvalue weighted by atomic mass is 10.0. The van der Waals surface area contributed by atoms with Crippen molar-refractivity contribution in [2.45, 2.75) is 19.2 Å². The Kier molecular flexibility index (Phi) is 5.24. The third kappa shape index (κ3) is 3.43. The van der Waals surface area contributed by atoms with Crippen molar-refractivity contribution < 1.29 is 9.59 Å². The second-order valence-corrected chi connectivity index (χ2v) is 8.66. The van der Waals surface area contributed by atoms with Gasteiger partial charge in [-0.2, -0.15) is 0 Å². The Morgan fingerprint density at radius 1 is 1.27 bits per heavy atom. The molecule has 138 valence electrons. The first kappa shape index (κ1) is 18.7. The van der Waals surface area contributed by atoms with E-state index in [0.717, 1.165) is 21.1 Å². The van der Waals surface area contributed by atoms with Gasteiger partial charge in [0.2, 0.25) is 0 Å². The van der Waals surface area contributed by atoms with Gasteiger partial charge >= 0.3 is 0 Å². The maximum Gasteiger partial charge on any atom is 0.275 e. The highest BCUT2D eigenvalue weighted by Gasteiger charge is 2.36. The number of rotatable bonds is 4. The van der Waals surface area contributed by atoms with Crippen LogP contribution < -0.4 is 10.6 Å². The molecule has 2 heterocycles. The van der Waals surface area contributed by atoms with E-state index in [1.165, 1.54) is 33.6 Å².